The van der Waals surface area contributed by atoms with Crippen molar-refractivity contribution in [2.75, 3.05) is 12.9 Å². The molecule has 1 aliphatic heterocycles. The van der Waals surface area contributed by atoms with Crippen LogP contribution in [0.5, 0.6) is 5.75 Å². The second kappa shape index (κ2) is 6.30. The summed E-state index contributed by atoms with van der Waals surface area (Å²) in [6.45, 7) is 2.28. The summed E-state index contributed by atoms with van der Waals surface area (Å²) < 4.78 is 11.1. The molecule has 1 aliphatic rings. The zero-order chi connectivity index (χ0) is 16.7. The summed E-state index contributed by atoms with van der Waals surface area (Å²) >= 11 is 5.43. The van der Waals surface area contributed by atoms with Gasteiger partial charge < -0.3 is 4.74 Å². The summed E-state index contributed by atoms with van der Waals surface area (Å²) in [6.07, 6.45) is 2.24. The predicted molar refractivity (Wildman–Crippen MR) is 101 cm³/mol. The molecule has 0 saturated heterocycles. The molecule has 0 bridgehead atoms. The van der Waals surface area contributed by atoms with Gasteiger partial charge in [0.2, 0.25) is 0 Å². The number of fused-ring (bicyclic) bond motifs is 1. The quantitative estimate of drug-likeness (QED) is 0.582. The van der Waals surface area contributed by atoms with Crippen molar-refractivity contribution in [2.24, 2.45) is 0 Å². The van der Waals surface area contributed by atoms with Gasteiger partial charge in [-0.3, -0.25) is 0 Å². The van der Waals surface area contributed by atoms with Crippen LogP contribution in [0.4, 0.5) is 0 Å². The molecule has 24 heavy (non-hydrogen) atoms. The summed E-state index contributed by atoms with van der Waals surface area (Å²) in [5, 5.41) is 1.28. The number of halogens is 1. The standard InChI is InChI=1S/C19H18BrN2OS/c1-13-12-24-19-21(16-7-9-17(23-2)10-8-16)11-18(22(13)19)14-3-5-15(20)6-4-14/h3-11,13H,12H2,1-2H3/q+1/t13-/m0/s1. The molecule has 0 spiro atoms. The summed E-state index contributed by atoms with van der Waals surface area (Å²) in [4.78, 5) is 0. The number of methoxy groups -OCH3 is 1. The highest BCUT2D eigenvalue weighted by Crippen LogP contribution is 2.34. The smallest absolute Gasteiger partial charge is 0.324 e. The van der Waals surface area contributed by atoms with Crippen molar-refractivity contribution < 1.29 is 9.30 Å². The van der Waals surface area contributed by atoms with E-state index in [9.17, 15) is 0 Å². The second-order valence-corrected chi connectivity index (χ2v) is 7.80. The van der Waals surface area contributed by atoms with Gasteiger partial charge in [-0.2, -0.15) is 4.57 Å². The van der Waals surface area contributed by atoms with Crippen molar-refractivity contribution in [2.45, 2.75) is 18.1 Å². The minimum absolute atomic E-state index is 0.489. The number of thioether (sulfide) groups is 1. The van der Waals surface area contributed by atoms with Gasteiger partial charge in [-0.05, 0) is 67.2 Å². The fraction of sp³-hybridized carbons (Fsp3) is 0.211. The Kier molecular flexibility index (Phi) is 4.14. The first-order valence-electron chi connectivity index (χ1n) is 7.87. The van der Waals surface area contributed by atoms with Crippen LogP contribution in [0.2, 0.25) is 0 Å². The molecule has 0 amide bonds. The molecular weight excluding hydrogens is 384 g/mol. The highest BCUT2D eigenvalue weighted by Gasteiger charge is 2.35. The second-order valence-electron chi connectivity index (χ2n) is 5.90. The van der Waals surface area contributed by atoms with Crippen LogP contribution in [0.15, 0.2) is 64.4 Å². The van der Waals surface area contributed by atoms with E-state index in [-0.39, 0.29) is 0 Å². The van der Waals surface area contributed by atoms with Crippen LogP contribution < -0.4 is 9.30 Å². The number of nitrogens with zero attached hydrogens (tertiary/aromatic N) is 2. The lowest BCUT2D eigenvalue weighted by atomic mass is 10.1. The molecule has 2 aromatic carbocycles. The third-order valence-corrected chi connectivity index (χ3v) is 6.14. The van der Waals surface area contributed by atoms with Gasteiger partial charge >= 0.3 is 5.16 Å². The summed E-state index contributed by atoms with van der Waals surface area (Å²) in [7, 11) is 1.70. The summed E-state index contributed by atoms with van der Waals surface area (Å²) in [6, 6.07) is 17.2. The van der Waals surface area contributed by atoms with Crippen LogP contribution in [0.25, 0.3) is 16.9 Å². The average Bonchev–Trinajstić information content (AvgIpc) is 3.17. The molecule has 0 saturated carbocycles. The Morgan fingerprint density at radius 2 is 1.83 bits per heavy atom. The first-order valence-corrected chi connectivity index (χ1v) is 9.65. The minimum Gasteiger partial charge on any atom is -0.497 e. The van der Waals surface area contributed by atoms with Crippen LogP contribution >= 0.6 is 27.7 Å². The Bertz CT molecular complexity index is 872. The van der Waals surface area contributed by atoms with Crippen molar-refractivity contribution in [1.29, 1.82) is 0 Å². The normalized spacial score (nSPS) is 16.2. The van der Waals surface area contributed by atoms with E-state index >= 15 is 0 Å². The van der Waals surface area contributed by atoms with Gasteiger partial charge in [0.15, 0.2) is 5.69 Å². The van der Waals surface area contributed by atoms with Gasteiger partial charge in [-0.25, -0.2) is 4.57 Å². The number of benzene rings is 2. The number of ether oxygens (including phenoxy) is 1. The highest BCUT2D eigenvalue weighted by atomic mass is 79.9. The van der Waals surface area contributed by atoms with E-state index in [1.165, 1.54) is 16.4 Å². The van der Waals surface area contributed by atoms with Gasteiger partial charge in [0, 0.05) is 15.8 Å². The Labute approximate surface area is 154 Å². The predicted octanol–water partition coefficient (Wildman–Crippen LogP) is 4.87. The third-order valence-electron chi connectivity index (χ3n) is 4.31. The Morgan fingerprint density at radius 3 is 2.50 bits per heavy atom. The number of hydrogen-bond donors (Lipinski definition) is 0. The van der Waals surface area contributed by atoms with E-state index in [1.54, 1.807) is 7.11 Å². The van der Waals surface area contributed by atoms with Gasteiger partial charge in [0.1, 0.15) is 23.7 Å². The lowest BCUT2D eigenvalue weighted by Gasteiger charge is -2.03. The van der Waals surface area contributed by atoms with Crippen LogP contribution in [0.3, 0.4) is 0 Å². The summed E-state index contributed by atoms with van der Waals surface area (Å²) in [5.41, 5.74) is 3.65. The molecule has 1 aromatic heterocycles. The molecule has 0 aliphatic carbocycles. The number of rotatable bonds is 3. The van der Waals surface area contributed by atoms with Crippen molar-refractivity contribution in [3.8, 4) is 22.7 Å². The van der Waals surface area contributed by atoms with E-state index < -0.39 is 0 Å². The highest BCUT2D eigenvalue weighted by molar-refractivity contribution is 9.10. The Hall–Kier alpha value is -1.72. The molecule has 5 heteroatoms. The SMILES string of the molecule is COc1ccc(-n2cc(-c3ccc(Br)cc3)[n+]3c2SC[C@@H]3C)cc1. The third kappa shape index (κ3) is 2.66. The van der Waals surface area contributed by atoms with E-state index in [2.05, 4.69) is 74.6 Å². The monoisotopic (exact) mass is 401 g/mol. The van der Waals surface area contributed by atoms with Crippen molar-refractivity contribution in [3.63, 3.8) is 0 Å². The van der Waals surface area contributed by atoms with Gasteiger partial charge in [0.05, 0.1) is 7.11 Å². The molecule has 0 unspecified atom stereocenters. The van der Waals surface area contributed by atoms with Gasteiger partial charge in [0.25, 0.3) is 0 Å². The van der Waals surface area contributed by atoms with Crippen LogP contribution in [0, 0.1) is 0 Å². The zero-order valence-corrected chi connectivity index (χ0v) is 16.0. The maximum absolute atomic E-state index is 5.28. The summed E-state index contributed by atoms with van der Waals surface area (Å²) in [5.74, 6) is 1.99. The first-order chi connectivity index (χ1) is 11.7. The van der Waals surface area contributed by atoms with Crippen LogP contribution in [0.1, 0.15) is 13.0 Å². The Balaban J connectivity index is 1.85. The van der Waals surface area contributed by atoms with Crippen LogP contribution in [-0.2, 0) is 0 Å². The first kappa shape index (κ1) is 15.8. The van der Waals surface area contributed by atoms with E-state index in [4.69, 9.17) is 4.74 Å². The lowest BCUT2D eigenvalue weighted by Crippen LogP contribution is -2.37. The molecule has 3 aromatic rings. The van der Waals surface area contributed by atoms with Crippen LogP contribution in [-0.4, -0.2) is 17.4 Å². The number of hydrogen-bond acceptors (Lipinski definition) is 2. The number of aromatic nitrogens is 2. The van der Waals surface area contributed by atoms with Crippen molar-refractivity contribution in [3.05, 3.63) is 59.2 Å². The zero-order valence-electron chi connectivity index (χ0n) is 13.6. The van der Waals surface area contributed by atoms with E-state index in [0.29, 0.717) is 6.04 Å². The molecule has 122 valence electrons. The molecule has 3 nitrogen and oxygen atoms in total. The van der Waals surface area contributed by atoms with Crippen molar-refractivity contribution >= 4 is 27.7 Å². The molecule has 4 rings (SSSR count). The molecule has 2 heterocycles. The van der Waals surface area contributed by atoms with Crippen molar-refractivity contribution in [1.82, 2.24) is 4.57 Å². The maximum atomic E-state index is 5.28. The Morgan fingerprint density at radius 1 is 1.12 bits per heavy atom. The molecule has 0 fully saturated rings. The molecule has 0 radical (unpaired) electrons. The molecule has 1 atom stereocenters. The van der Waals surface area contributed by atoms with E-state index in [1.807, 2.05) is 23.9 Å². The molecule has 0 N–H and O–H groups in total. The fourth-order valence-corrected chi connectivity index (χ4v) is 4.57. The molecular formula is C19H18BrN2OS+. The lowest BCUT2D eigenvalue weighted by molar-refractivity contribution is -0.734. The minimum atomic E-state index is 0.489. The van der Waals surface area contributed by atoms with Gasteiger partial charge in [-0.1, -0.05) is 15.9 Å². The largest absolute Gasteiger partial charge is 0.497 e. The topological polar surface area (TPSA) is 18.0 Å². The average molecular weight is 402 g/mol. The van der Waals surface area contributed by atoms with E-state index in [0.717, 1.165) is 21.7 Å². The maximum Gasteiger partial charge on any atom is 0.324 e. The fourth-order valence-electron chi connectivity index (χ4n) is 3.06. The van der Waals surface area contributed by atoms with Gasteiger partial charge in [-0.15, -0.1) is 0 Å². The number of imidazole rings is 1.